The van der Waals surface area contributed by atoms with Gasteiger partial charge in [0, 0.05) is 41.3 Å². The maximum absolute atomic E-state index is 14.1. The fourth-order valence-corrected chi connectivity index (χ4v) is 6.65. The zero-order valence-corrected chi connectivity index (χ0v) is 27.3. The number of hydrogen-bond acceptors (Lipinski definition) is 6. The maximum Gasteiger partial charge on any atom is 0.232 e. The second kappa shape index (κ2) is 14.1. The average molecular weight is 642 g/mol. The molecule has 1 fully saturated rings. The quantitative estimate of drug-likeness (QED) is 0.209. The van der Waals surface area contributed by atoms with Gasteiger partial charge in [0.05, 0.1) is 25.7 Å². The number of carbonyl (C=O) groups is 2. The molecule has 6 rings (SSSR count). The SMILES string of the molecule is COc1ccc(COc2cc3c(cc2OC(C)C)C(C2C=CC(Cl)=CC2)N(c2ccc(C(=O)C4CCOCC4)cc2)C(=O)C3)cc1. The van der Waals surface area contributed by atoms with Crippen molar-refractivity contribution >= 4 is 29.0 Å². The predicted molar refractivity (Wildman–Crippen MR) is 179 cm³/mol. The molecule has 1 saturated heterocycles. The molecule has 1 aliphatic carbocycles. The molecule has 2 unspecified atom stereocenters. The van der Waals surface area contributed by atoms with Crippen LogP contribution in [0.4, 0.5) is 5.69 Å². The summed E-state index contributed by atoms with van der Waals surface area (Å²) in [5, 5.41) is 0.687. The van der Waals surface area contributed by atoms with Crippen LogP contribution in [0.2, 0.25) is 0 Å². The second-order valence-corrected chi connectivity index (χ2v) is 12.8. The minimum absolute atomic E-state index is 0.0197. The first kappa shape index (κ1) is 31.9. The average Bonchev–Trinajstić information content (AvgIpc) is 3.07. The highest BCUT2D eigenvalue weighted by Gasteiger charge is 2.39. The van der Waals surface area contributed by atoms with Crippen LogP contribution in [0.1, 0.15) is 66.2 Å². The number of nitrogens with zero attached hydrogens (tertiary/aromatic N) is 1. The number of fused-ring (bicyclic) bond motifs is 1. The van der Waals surface area contributed by atoms with E-state index in [9.17, 15) is 9.59 Å². The lowest BCUT2D eigenvalue weighted by atomic mass is 9.80. The monoisotopic (exact) mass is 641 g/mol. The summed E-state index contributed by atoms with van der Waals surface area (Å²) >= 11 is 6.33. The lowest BCUT2D eigenvalue weighted by molar-refractivity contribution is -0.119. The number of ether oxygens (including phenoxy) is 4. The molecule has 0 radical (unpaired) electrons. The highest BCUT2D eigenvalue weighted by atomic mass is 35.5. The molecule has 3 aromatic rings. The summed E-state index contributed by atoms with van der Waals surface area (Å²) < 4.78 is 23.4. The summed E-state index contributed by atoms with van der Waals surface area (Å²) in [6, 6.07) is 18.9. The van der Waals surface area contributed by atoms with Gasteiger partial charge in [-0.2, -0.15) is 0 Å². The predicted octanol–water partition coefficient (Wildman–Crippen LogP) is 8.00. The number of rotatable bonds is 10. The van der Waals surface area contributed by atoms with E-state index in [0.717, 1.165) is 41.0 Å². The van der Waals surface area contributed by atoms with Crippen LogP contribution in [0.15, 0.2) is 83.9 Å². The van der Waals surface area contributed by atoms with Crippen LogP contribution in [0.5, 0.6) is 17.2 Å². The normalized spacial score (nSPS) is 19.9. The number of carbonyl (C=O) groups excluding carboxylic acids is 2. The maximum atomic E-state index is 14.1. The van der Waals surface area contributed by atoms with Crippen LogP contribution in [-0.4, -0.2) is 38.1 Å². The number of ketones is 1. The Hall–Kier alpha value is -4.07. The molecule has 240 valence electrons. The van der Waals surface area contributed by atoms with Crippen molar-refractivity contribution in [2.75, 3.05) is 25.2 Å². The van der Waals surface area contributed by atoms with Crippen LogP contribution >= 0.6 is 11.6 Å². The van der Waals surface area contributed by atoms with Crippen molar-refractivity contribution in [2.24, 2.45) is 11.8 Å². The third-order valence-electron chi connectivity index (χ3n) is 8.84. The van der Waals surface area contributed by atoms with Gasteiger partial charge in [0.2, 0.25) is 5.91 Å². The number of halogens is 1. The van der Waals surface area contributed by atoms with Crippen molar-refractivity contribution in [3.8, 4) is 17.2 Å². The van der Waals surface area contributed by atoms with Crippen LogP contribution < -0.4 is 19.1 Å². The zero-order valence-electron chi connectivity index (χ0n) is 26.5. The zero-order chi connectivity index (χ0) is 32.2. The summed E-state index contributed by atoms with van der Waals surface area (Å²) in [7, 11) is 1.64. The lowest BCUT2D eigenvalue weighted by Gasteiger charge is -2.41. The van der Waals surface area contributed by atoms with Crippen molar-refractivity contribution in [1.29, 1.82) is 0 Å². The molecular formula is C38H40ClNO6. The highest BCUT2D eigenvalue weighted by molar-refractivity contribution is 6.31. The van der Waals surface area contributed by atoms with E-state index >= 15 is 0 Å². The van der Waals surface area contributed by atoms with Gasteiger partial charge in [0.15, 0.2) is 17.3 Å². The number of benzene rings is 3. The van der Waals surface area contributed by atoms with Gasteiger partial charge in [0.25, 0.3) is 0 Å². The molecule has 0 N–H and O–H groups in total. The minimum atomic E-state index is -0.310. The molecule has 2 atom stereocenters. The fourth-order valence-electron chi connectivity index (χ4n) is 6.48. The molecule has 0 bridgehead atoms. The first-order valence-electron chi connectivity index (χ1n) is 16.0. The molecule has 0 saturated carbocycles. The van der Waals surface area contributed by atoms with Crippen LogP contribution in [-0.2, 0) is 22.6 Å². The Bertz CT molecular complexity index is 1620. The van der Waals surface area contributed by atoms with Gasteiger partial charge < -0.3 is 23.8 Å². The molecule has 3 aliphatic rings. The Morgan fingerprint density at radius 1 is 1.02 bits per heavy atom. The molecule has 0 spiro atoms. The highest BCUT2D eigenvalue weighted by Crippen LogP contribution is 2.46. The standard InChI is InChI=1S/C38H40ClNO6/c1-24(2)46-35-22-33-29(20-34(35)45-23-25-4-14-32(43-3)15-5-25)21-36(41)40(37(33)26-6-10-30(39)11-7-26)31-12-8-27(9-13-31)38(42)28-16-18-44-19-17-28/h4-6,8-15,20,22,24,26,28,37H,7,16-19,21,23H2,1-3H3. The number of allylic oxidation sites excluding steroid dienone is 3. The van der Waals surface area contributed by atoms with Crippen LogP contribution in [0.3, 0.4) is 0 Å². The second-order valence-electron chi connectivity index (χ2n) is 12.3. The van der Waals surface area contributed by atoms with Crippen LogP contribution in [0.25, 0.3) is 0 Å². The molecule has 1 amide bonds. The summed E-state index contributed by atoms with van der Waals surface area (Å²) in [6.07, 6.45) is 8.27. The van der Waals surface area contributed by atoms with E-state index in [-0.39, 0.29) is 42.1 Å². The van der Waals surface area contributed by atoms with Gasteiger partial charge in [-0.25, -0.2) is 0 Å². The third kappa shape index (κ3) is 7.01. The summed E-state index contributed by atoms with van der Waals surface area (Å²) in [5.41, 5.74) is 4.33. The first-order valence-corrected chi connectivity index (χ1v) is 16.4. The number of Topliss-reactive ketones (excluding diaryl/α,β-unsaturated/α-hetero) is 1. The van der Waals surface area contributed by atoms with E-state index in [1.165, 1.54) is 0 Å². The summed E-state index contributed by atoms with van der Waals surface area (Å²) in [4.78, 5) is 29.1. The molecule has 7 nitrogen and oxygen atoms in total. The number of anilines is 1. The van der Waals surface area contributed by atoms with Crippen molar-refractivity contribution in [3.05, 3.63) is 106 Å². The van der Waals surface area contributed by atoms with Gasteiger partial charge >= 0.3 is 0 Å². The molecular weight excluding hydrogens is 602 g/mol. The van der Waals surface area contributed by atoms with Gasteiger partial charge in [0.1, 0.15) is 12.4 Å². The van der Waals surface area contributed by atoms with Gasteiger partial charge in [-0.15, -0.1) is 0 Å². The molecule has 8 heteroatoms. The van der Waals surface area contributed by atoms with Gasteiger partial charge in [-0.1, -0.05) is 35.9 Å². The van der Waals surface area contributed by atoms with Crippen LogP contribution in [0, 0.1) is 11.8 Å². The van der Waals surface area contributed by atoms with E-state index in [4.69, 9.17) is 30.5 Å². The summed E-state index contributed by atoms with van der Waals surface area (Å²) in [6.45, 7) is 5.54. The Labute approximate surface area is 275 Å². The first-order chi connectivity index (χ1) is 22.3. The smallest absolute Gasteiger partial charge is 0.232 e. The molecule has 3 aromatic carbocycles. The van der Waals surface area contributed by atoms with Crippen molar-refractivity contribution in [1.82, 2.24) is 0 Å². The van der Waals surface area contributed by atoms with Gasteiger partial charge in [-0.3, -0.25) is 9.59 Å². The Morgan fingerprint density at radius 2 is 1.76 bits per heavy atom. The number of methoxy groups -OCH3 is 1. The van der Waals surface area contributed by atoms with Crippen molar-refractivity contribution in [3.63, 3.8) is 0 Å². The third-order valence-corrected chi connectivity index (χ3v) is 9.12. The Kier molecular flexibility index (Phi) is 9.81. The molecule has 2 heterocycles. The van der Waals surface area contributed by atoms with Crippen molar-refractivity contribution in [2.45, 2.75) is 58.3 Å². The summed E-state index contributed by atoms with van der Waals surface area (Å²) in [5.74, 6) is 2.08. The molecule has 0 aromatic heterocycles. The minimum Gasteiger partial charge on any atom is -0.497 e. The van der Waals surface area contributed by atoms with Crippen molar-refractivity contribution < 1.29 is 28.5 Å². The number of hydrogen-bond donors (Lipinski definition) is 0. The largest absolute Gasteiger partial charge is 0.497 e. The Balaban J connectivity index is 1.34. The lowest BCUT2D eigenvalue weighted by Crippen LogP contribution is -2.43. The number of amides is 1. The van der Waals surface area contributed by atoms with E-state index in [0.29, 0.717) is 48.3 Å². The fraction of sp³-hybridized carbons (Fsp3) is 0.368. The van der Waals surface area contributed by atoms with E-state index in [1.54, 1.807) is 7.11 Å². The van der Waals surface area contributed by atoms with Gasteiger partial charge in [-0.05, 0) is 104 Å². The molecule has 46 heavy (non-hydrogen) atoms. The van der Waals surface area contributed by atoms with E-state index in [2.05, 4.69) is 6.08 Å². The topological polar surface area (TPSA) is 74.3 Å². The van der Waals surface area contributed by atoms with E-state index < -0.39 is 0 Å². The van der Waals surface area contributed by atoms with E-state index in [1.807, 2.05) is 91.6 Å². The molecule has 2 aliphatic heterocycles. The Morgan fingerprint density at radius 3 is 2.41 bits per heavy atom.